The van der Waals surface area contributed by atoms with Crippen molar-refractivity contribution < 1.29 is 13.2 Å². The molecule has 3 aromatic carbocycles. The first-order valence-electron chi connectivity index (χ1n) is 11.4. The molecule has 0 spiro atoms. The zero-order valence-electron chi connectivity index (χ0n) is 20.1. The first-order valence-corrected chi connectivity index (χ1v) is 12.9. The highest BCUT2D eigenvalue weighted by molar-refractivity contribution is 7.90. The predicted octanol–water partition coefficient (Wildman–Crippen LogP) is 4.32. The van der Waals surface area contributed by atoms with E-state index in [4.69, 9.17) is 5.73 Å². The third-order valence-electron chi connectivity index (χ3n) is 6.56. The van der Waals surface area contributed by atoms with Crippen LogP contribution in [0, 0.1) is 20.8 Å². The van der Waals surface area contributed by atoms with Crippen LogP contribution in [0.5, 0.6) is 0 Å². The van der Waals surface area contributed by atoms with Crippen molar-refractivity contribution >= 4 is 21.6 Å². The molecule has 3 aromatic rings. The lowest BCUT2D eigenvalue weighted by Gasteiger charge is -2.26. The summed E-state index contributed by atoms with van der Waals surface area (Å²) in [6.07, 6.45) is 0.843. The molecule has 6 nitrogen and oxygen atoms in total. The van der Waals surface area contributed by atoms with Crippen LogP contribution >= 0.6 is 0 Å². The Bertz CT molecular complexity index is 1340. The molecule has 1 aliphatic rings. The first-order chi connectivity index (χ1) is 16.1. The number of carbonyl (C=O) groups is 1. The molecule has 1 heterocycles. The maximum Gasteiger partial charge on any atom is 0.264 e. The molecule has 34 heavy (non-hydrogen) atoms. The molecule has 0 radical (unpaired) electrons. The number of anilines is 1. The van der Waals surface area contributed by atoms with Crippen molar-refractivity contribution in [2.24, 2.45) is 0 Å². The number of nitrogen functional groups attached to an aromatic ring is 1. The van der Waals surface area contributed by atoms with E-state index in [1.54, 1.807) is 12.1 Å². The molecule has 4 rings (SSSR count). The normalized spacial score (nSPS) is 15.8. The maximum absolute atomic E-state index is 13.5. The average molecular weight is 478 g/mol. The van der Waals surface area contributed by atoms with Crippen molar-refractivity contribution in [1.29, 1.82) is 0 Å². The number of benzene rings is 3. The van der Waals surface area contributed by atoms with Gasteiger partial charge in [0.05, 0.1) is 4.90 Å². The number of fused-ring (bicyclic) bond motifs is 1. The fraction of sp³-hybridized carbons (Fsp3) is 0.296. The summed E-state index contributed by atoms with van der Waals surface area (Å²) in [7, 11) is -4.06. The first kappa shape index (κ1) is 24.0. The smallest absolute Gasteiger partial charge is 0.264 e. The van der Waals surface area contributed by atoms with Gasteiger partial charge in [0, 0.05) is 18.8 Å². The van der Waals surface area contributed by atoms with Crippen LogP contribution in [0.4, 0.5) is 5.69 Å². The van der Waals surface area contributed by atoms with E-state index in [1.165, 1.54) is 23.3 Å². The molecule has 0 aromatic heterocycles. The number of carbonyl (C=O) groups excluding carboxylic acids is 1. The molecule has 7 heteroatoms. The van der Waals surface area contributed by atoms with E-state index < -0.39 is 22.0 Å². The number of hydrogen-bond donors (Lipinski definition) is 2. The van der Waals surface area contributed by atoms with Crippen LogP contribution < -0.4 is 10.5 Å². The summed E-state index contributed by atoms with van der Waals surface area (Å²) < 4.78 is 28.3. The average Bonchev–Trinajstić information content (AvgIpc) is 3.14. The minimum atomic E-state index is -4.06. The molecule has 1 atom stereocenters. The summed E-state index contributed by atoms with van der Waals surface area (Å²) in [5, 5.41) is 0. The van der Waals surface area contributed by atoms with Crippen LogP contribution in [0.1, 0.15) is 51.9 Å². The third kappa shape index (κ3) is 4.58. The Morgan fingerprint density at radius 1 is 1.06 bits per heavy atom. The van der Waals surface area contributed by atoms with Crippen molar-refractivity contribution in [2.45, 2.75) is 58.1 Å². The van der Waals surface area contributed by atoms with E-state index in [0.29, 0.717) is 18.8 Å². The standard InChI is InChI=1S/C27H31N3O3S/c1-5-20-8-6-11-23-25(20)16-30(15-24-18(3)12-17(2)13-19(24)4)26(23)27(31)29-34(32,33)22-10-7-9-21(28)14-22/h6-14,26H,5,15-16,28H2,1-4H3,(H,29,31). The van der Waals surface area contributed by atoms with Gasteiger partial charge in [0.1, 0.15) is 6.04 Å². The number of amides is 1. The fourth-order valence-corrected chi connectivity index (χ4v) is 6.01. The van der Waals surface area contributed by atoms with Gasteiger partial charge in [0.2, 0.25) is 0 Å². The second-order valence-corrected chi connectivity index (χ2v) is 10.7. The molecule has 0 aliphatic carbocycles. The van der Waals surface area contributed by atoms with Crippen molar-refractivity contribution in [3.63, 3.8) is 0 Å². The number of sulfonamides is 1. The van der Waals surface area contributed by atoms with Crippen molar-refractivity contribution in [3.05, 3.63) is 93.5 Å². The minimum Gasteiger partial charge on any atom is -0.399 e. The number of rotatable bonds is 6. The van der Waals surface area contributed by atoms with Crippen molar-refractivity contribution in [2.75, 3.05) is 5.73 Å². The van der Waals surface area contributed by atoms with Crippen LogP contribution in [0.2, 0.25) is 0 Å². The number of aryl methyl sites for hydroxylation is 4. The van der Waals surface area contributed by atoms with Crippen molar-refractivity contribution in [1.82, 2.24) is 9.62 Å². The minimum absolute atomic E-state index is 0.0295. The van der Waals surface area contributed by atoms with Crippen LogP contribution in [0.3, 0.4) is 0 Å². The molecule has 0 saturated heterocycles. The lowest BCUT2D eigenvalue weighted by molar-refractivity contribution is -0.124. The highest BCUT2D eigenvalue weighted by atomic mass is 32.2. The van der Waals surface area contributed by atoms with Gasteiger partial charge in [-0.05, 0) is 78.8 Å². The summed E-state index contributed by atoms with van der Waals surface area (Å²) in [6, 6.07) is 15.5. The van der Waals surface area contributed by atoms with Gasteiger partial charge in [-0.25, -0.2) is 13.1 Å². The molecule has 1 aliphatic heterocycles. The number of nitrogens with zero attached hydrogens (tertiary/aromatic N) is 1. The van der Waals surface area contributed by atoms with Gasteiger partial charge >= 0.3 is 0 Å². The van der Waals surface area contributed by atoms with E-state index in [1.807, 2.05) is 12.1 Å². The Kier molecular flexibility index (Phi) is 6.51. The second-order valence-electron chi connectivity index (χ2n) is 9.07. The third-order valence-corrected chi connectivity index (χ3v) is 7.91. The van der Waals surface area contributed by atoms with Gasteiger partial charge in [0.15, 0.2) is 0 Å². The van der Waals surface area contributed by atoms with Crippen LogP contribution in [-0.4, -0.2) is 19.2 Å². The second kappa shape index (κ2) is 9.24. The molecular formula is C27H31N3O3S. The zero-order valence-corrected chi connectivity index (χ0v) is 20.9. The molecule has 3 N–H and O–H groups in total. The van der Waals surface area contributed by atoms with Gasteiger partial charge < -0.3 is 5.73 Å². The number of hydrogen-bond acceptors (Lipinski definition) is 5. The molecular weight excluding hydrogens is 446 g/mol. The molecule has 1 amide bonds. The highest BCUT2D eigenvalue weighted by Gasteiger charge is 2.38. The summed E-state index contributed by atoms with van der Waals surface area (Å²) in [5.74, 6) is -0.558. The van der Waals surface area contributed by atoms with Gasteiger partial charge in [0.25, 0.3) is 15.9 Å². The zero-order chi connectivity index (χ0) is 24.6. The van der Waals surface area contributed by atoms with Gasteiger partial charge in [-0.15, -0.1) is 0 Å². The van der Waals surface area contributed by atoms with E-state index >= 15 is 0 Å². The predicted molar refractivity (Wildman–Crippen MR) is 135 cm³/mol. The monoisotopic (exact) mass is 477 g/mol. The van der Waals surface area contributed by atoms with Gasteiger partial charge in [-0.1, -0.05) is 48.9 Å². The van der Waals surface area contributed by atoms with E-state index in [0.717, 1.165) is 34.2 Å². The molecule has 0 bridgehead atoms. The quantitative estimate of drug-likeness (QED) is 0.516. The van der Waals surface area contributed by atoms with Crippen LogP contribution in [0.15, 0.2) is 59.5 Å². The van der Waals surface area contributed by atoms with Crippen LogP contribution in [0.25, 0.3) is 0 Å². The summed E-state index contributed by atoms with van der Waals surface area (Å²) >= 11 is 0. The Hall–Kier alpha value is -3.16. The number of nitrogens with two attached hydrogens (primary N) is 1. The molecule has 1 unspecified atom stereocenters. The van der Waals surface area contributed by atoms with E-state index in [2.05, 4.69) is 55.5 Å². The lowest BCUT2D eigenvalue weighted by atomic mass is 9.97. The lowest BCUT2D eigenvalue weighted by Crippen LogP contribution is -2.40. The Morgan fingerprint density at radius 3 is 2.38 bits per heavy atom. The summed E-state index contributed by atoms with van der Waals surface area (Å²) in [5.41, 5.74) is 13.9. The van der Waals surface area contributed by atoms with Gasteiger partial charge in [-0.2, -0.15) is 0 Å². The Balaban J connectivity index is 1.72. The Labute approximate surface area is 201 Å². The molecule has 178 valence electrons. The maximum atomic E-state index is 13.5. The molecule has 0 saturated carbocycles. The van der Waals surface area contributed by atoms with Crippen molar-refractivity contribution in [3.8, 4) is 0 Å². The summed E-state index contributed by atoms with van der Waals surface area (Å²) in [6.45, 7) is 9.45. The topological polar surface area (TPSA) is 92.5 Å². The fourth-order valence-electron chi connectivity index (χ4n) is 4.97. The Morgan fingerprint density at radius 2 is 1.74 bits per heavy atom. The van der Waals surface area contributed by atoms with E-state index in [-0.39, 0.29) is 4.90 Å². The van der Waals surface area contributed by atoms with E-state index in [9.17, 15) is 13.2 Å². The highest BCUT2D eigenvalue weighted by Crippen LogP contribution is 2.38. The largest absolute Gasteiger partial charge is 0.399 e. The van der Waals surface area contributed by atoms with Gasteiger partial charge in [-0.3, -0.25) is 9.69 Å². The number of nitrogens with one attached hydrogen (secondary N) is 1. The van der Waals surface area contributed by atoms with Crippen LogP contribution in [-0.2, 0) is 34.3 Å². The molecule has 0 fully saturated rings. The SMILES string of the molecule is CCc1cccc2c1CN(Cc1c(C)cc(C)cc1C)C2C(=O)NS(=O)(=O)c1cccc(N)c1. The summed E-state index contributed by atoms with van der Waals surface area (Å²) in [4.78, 5) is 15.6.